The van der Waals surface area contributed by atoms with Crippen LogP contribution in [-0.4, -0.2) is 22.5 Å². The van der Waals surface area contributed by atoms with Crippen molar-refractivity contribution < 1.29 is 4.79 Å². The van der Waals surface area contributed by atoms with Crippen molar-refractivity contribution in [2.45, 2.75) is 13.8 Å². The number of anilines is 1. The van der Waals surface area contributed by atoms with Crippen LogP contribution < -0.4 is 5.32 Å². The molecule has 4 nitrogen and oxygen atoms in total. The van der Waals surface area contributed by atoms with Gasteiger partial charge in [-0.15, -0.1) is 0 Å². The van der Waals surface area contributed by atoms with Gasteiger partial charge in [0.25, 0.3) is 0 Å². The number of carbonyl (C=O) groups excluding carboxylic acids is 1. The summed E-state index contributed by atoms with van der Waals surface area (Å²) in [5, 5.41) is 9.46. The van der Waals surface area contributed by atoms with Gasteiger partial charge in [-0.2, -0.15) is 5.10 Å². The van der Waals surface area contributed by atoms with E-state index in [-0.39, 0.29) is 5.78 Å². The number of hydrogen-bond acceptors (Lipinski definition) is 3. The normalized spacial score (nSPS) is 9.64. The van der Waals surface area contributed by atoms with Crippen LogP contribution in [0.3, 0.4) is 0 Å². The number of Topliss-reactive ketones (excluding diaryl/α,β-unsaturated/α-hetero) is 1. The molecule has 0 amide bonds. The van der Waals surface area contributed by atoms with Crippen molar-refractivity contribution in [1.82, 2.24) is 10.2 Å². The fourth-order valence-electron chi connectivity index (χ4n) is 0.865. The van der Waals surface area contributed by atoms with Gasteiger partial charge < -0.3 is 5.32 Å². The van der Waals surface area contributed by atoms with Crippen LogP contribution in [-0.2, 0) is 0 Å². The molecule has 2 N–H and O–H groups in total. The van der Waals surface area contributed by atoms with Gasteiger partial charge in [0, 0.05) is 6.54 Å². The molecular formula is C7H11N3O. The Bertz CT molecular complexity index is 254. The average molecular weight is 153 g/mol. The van der Waals surface area contributed by atoms with Crippen LogP contribution in [0.1, 0.15) is 24.2 Å². The number of aromatic amines is 1. The highest BCUT2D eigenvalue weighted by molar-refractivity contribution is 5.98. The first-order chi connectivity index (χ1) is 5.25. The molecule has 1 rings (SSSR count). The largest absolute Gasteiger partial charge is 0.370 e. The molecule has 0 saturated carbocycles. The van der Waals surface area contributed by atoms with Crippen molar-refractivity contribution in [3.05, 3.63) is 11.8 Å². The van der Waals surface area contributed by atoms with Crippen molar-refractivity contribution >= 4 is 11.6 Å². The number of carbonyl (C=O) groups is 1. The number of nitrogens with zero attached hydrogens (tertiary/aromatic N) is 1. The van der Waals surface area contributed by atoms with Crippen molar-refractivity contribution in [2.75, 3.05) is 11.9 Å². The van der Waals surface area contributed by atoms with Crippen LogP contribution in [0.25, 0.3) is 0 Å². The number of H-pyrrole nitrogens is 1. The highest BCUT2D eigenvalue weighted by Crippen LogP contribution is 2.10. The van der Waals surface area contributed by atoms with E-state index in [4.69, 9.17) is 0 Å². The molecule has 11 heavy (non-hydrogen) atoms. The van der Waals surface area contributed by atoms with E-state index < -0.39 is 0 Å². The van der Waals surface area contributed by atoms with Crippen LogP contribution >= 0.6 is 0 Å². The summed E-state index contributed by atoms with van der Waals surface area (Å²) in [5.74, 6) is 0.731. The minimum atomic E-state index is 0.0229. The van der Waals surface area contributed by atoms with Gasteiger partial charge in [-0.05, 0) is 13.8 Å². The van der Waals surface area contributed by atoms with E-state index in [0.717, 1.165) is 6.54 Å². The Morgan fingerprint density at radius 2 is 2.55 bits per heavy atom. The fraction of sp³-hybridized carbons (Fsp3) is 0.429. The summed E-state index contributed by atoms with van der Waals surface area (Å²) in [7, 11) is 0. The second-order valence-corrected chi connectivity index (χ2v) is 2.25. The van der Waals surface area contributed by atoms with Gasteiger partial charge in [0.2, 0.25) is 0 Å². The molecule has 60 valence electrons. The molecule has 1 aromatic heterocycles. The number of nitrogens with one attached hydrogen (secondary N) is 2. The van der Waals surface area contributed by atoms with Crippen LogP contribution in [0.4, 0.5) is 5.82 Å². The van der Waals surface area contributed by atoms with E-state index in [1.165, 1.54) is 13.1 Å². The predicted molar refractivity (Wildman–Crippen MR) is 42.8 cm³/mol. The third-order valence-corrected chi connectivity index (χ3v) is 1.37. The van der Waals surface area contributed by atoms with Gasteiger partial charge in [0.1, 0.15) is 5.82 Å². The average Bonchev–Trinajstić information content (AvgIpc) is 2.36. The minimum absolute atomic E-state index is 0.0229. The molecule has 0 radical (unpaired) electrons. The molecular weight excluding hydrogens is 142 g/mol. The molecule has 1 heterocycles. The maximum atomic E-state index is 10.9. The fourth-order valence-corrected chi connectivity index (χ4v) is 0.865. The van der Waals surface area contributed by atoms with E-state index in [1.807, 2.05) is 6.92 Å². The highest BCUT2D eigenvalue weighted by Gasteiger charge is 2.07. The smallest absolute Gasteiger partial charge is 0.165 e. The SMILES string of the molecule is CCNc1[nH]ncc1C(C)=O. The summed E-state index contributed by atoms with van der Waals surface area (Å²) in [6, 6.07) is 0. The lowest BCUT2D eigenvalue weighted by atomic mass is 10.2. The first kappa shape index (κ1) is 7.78. The van der Waals surface area contributed by atoms with E-state index in [9.17, 15) is 4.79 Å². The lowest BCUT2D eigenvalue weighted by Gasteiger charge is -1.99. The van der Waals surface area contributed by atoms with E-state index in [2.05, 4.69) is 15.5 Å². The Balaban J connectivity index is 2.87. The maximum absolute atomic E-state index is 10.9. The van der Waals surface area contributed by atoms with Crippen molar-refractivity contribution in [2.24, 2.45) is 0 Å². The summed E-state index contributed by atoms with van der Waals surface area (Å²) in [6.07, 6.45) is 1.53. The lowest BCUT2D eigenvalue weighted by molar-refractivity contribution is 0.101. The van der Waals surface area contributed by atoms with Gasteiger partial charge in [0.05, 0.1) is 11.8 Å². The van der Waals surface area contributed by atoms with E-state index in [0.29, 0.717) is 11.4 Å². The Morgan fingerprint density at radius 1 is 1.82 bits per heavy atom. The molecule has 0 aliphatic heterocycles. The maximum Gasteiger partial charge on any atom is 0.165 e. The Hall–Kier alpha value is -1.32. The van der Waals surface area contributed by atoms with Crippen LogP contribution in [0, 0.1) is 0 Å². The van der Waals surface area contributed by atoms with E-state index >= 15 is 0 Å². The van der Waals surface area contributed by atoms with Crippen LogP contribution in [0.5, 0.6) is 0 Å². The van der Waals surface area contributed by atoms with E-state index in [1.54, 1.807) is 0 Å². The third-order valence-electron chi connectivity index (χ3n) is 1.37. The molecule has 0 bridgehead atoms. The third kappa shape index (κ3) is 1.58. The molecule has 0 unspecified atom stereocenters. The minimum Gasteiger partial charge on any atom is -0.370 e. The van der Waals surface area contributed by atoms with Crippen molar-refractivity contribution in [3.8, 4) is 0 Å². The molecule has 1 aromatic rings. The summed E-state index contributed by atoms with van der Waals surface area (Å²) in [6.45, 7) is 4.26. The quantitative estimate of drug-likeness (QED) is 0.638. The first-order valence-electron chi connectivity index (χ1n) is 3.54. The predicted octanol–water partition coefficient (Wildman–Crippen LogP) is 1.04. The zero-order chi connectivity index (χ0) is 8.27. The van der Waals surface area contributed by atoms with Crippen LogP contribution in [0.15, 0.2) is 6.20 Å². The Morgan fingerprint density at radius 3 is 3.09 bits per heavy atom. The molecule has 0 spiro atoms. The molecule has 0 aromatic carbocycles. The second-order valence-electron chi connectivity index (χ2n) is 2.25. The second kappa shape index (κ2) is 3.18. The standard InChI is InChI=1S/C7H11N3O/c1-3-8-7-6(5(2)11)4-9-10-7/h4H,3H2,1-2H3,(H2,8,9,10). The molecule has 0 aliphatic rings. The first-order valence-corrected chi connectivity index (χ1v) is 3.54. The Kier molecular flexibility index (Phi) is 2.25. The number of hydrogen-bond donors (Lipinski definition) is 2. The zero-order valence-electron chi connectivity index (χ0n) is 6.64. The summed E-state index contributed by atoms with van der Waals surface area (Å²) < 4.78 is 0. The van der Waals surface area contributed by atoms with Gasteiger partial charge in [-0.25, -0.2) is 0 Å². The zero-order valence-corrected chi connectivity index (χ0v) is 6.64. The molecule has 0 atom stereocenters. The topological polar surface area (TPSA) is 57.8 Å². The van der Waals surface area contributed by atoms with Crippen LogP contribution in [0.2, 0.25) is 0 Å². The highest BCUT2D eigenvalue weighted by atomic mass is 16.1. The summed E-state index contributed by atoms with van der Waals surface area (Å²) >= 11 is 0. The molecule has 4 heteroatoms. The summed E-state index contributed by atoms with van der Waals surface area (Å²) in [5.41, 5.74) is 0.617. The molecule has 0 fully saturated rings. The molecule has 0 aliphatic carbocycles. The molecule has 0 saturated heterocycles. The Labute approximate surface area is 65.0 Å². The van der Waals surface area contributed by atoms with Gasteiger partial charge in [-0.1, -0.05) is 0 Å². The van der Waals surface area contributed by atoms with Gasteiger partial charge in [0.15, 0.2) is 5.78 Å². The summed E-state index contributed by atoms with van der Waals surface area (Å²) in [4.78, 5) is 10.9. The monoisotopic (exact) mass is 153 g/mol. The van der Waals surface area contributed by atoms with Crippen molar-refractivity contribution in [3.63, 3.8) is 0 Å². The number of rotatable bonds is 3. The van der Waals surface area contributed by atoms with Crippen molar-refractivity contribution in [1.29, 1.82) is 0 Å². The van der Waals surface area contributed by atoms with Gasteiger partial charge >= 0.3 is 0 Å². The number of ketones is 1. The lowest BCUT2D eigenvalue weighted by Crippen LogP contribution is -2.02. The van der Waals surface area contributed by atoms with Gasteiger partial charge in [-0.3, -0.25) is 9.89 Å². The number of aromatic nitrogens is 2.